The molecule has 0 amide bonds. The molecule has 0 radical (unpaired) electrons. The highest BCUT2D eigenvalue weighted by atomic mass is 16.5. The lowest BCUT2D eigenvalue weighted by Gasteiger charge is -2.69. The maximum atomic E-state index is 12.0. The second-order valence-electron chi connectivity index (χ2n) is 13.1. The van der Waals surface area contributed by atoms with Crippen LogP contribution in [-0.2, 0) is 11.8 Å². The van der Waals surface area contributed by atoms with Crippen LogP contribution in [0.4, 0.5) is 0 Å². The van der Waals surface area contributed by atoms with Gasteiger partial charge in [0.25, 0.3) is 0 Å². The predicted octanol–water partition coefficient (Wildman–Crippen LogP) is 4.27. The summed E-state index contributed by atoms with van der Waals surface area (Å²) in [7, 11) is 0. The number of hydrogen-bond acceptors (Lipinski definition) is 3. The second-order valence-corrected chi connectivity index (χ2v) is 13.1. The lowest BCUT2D eigenvalue weighted by Crippen LogP contribution is -2.73. The molecule has 3 heteroatoms. The average Bonchev–Trinajstić information content (AvgIpc) is 3.10. The summed E-state index contributed by atoms with van der Waals surface area (Å²) in [6.45, 7) is 13.4. The highest BCUT2D eigenvalue weighted by molar-refractivity contribution is 5.65. The molecule has 5 unspecified atom stereocenters. The van der Waals surface area contributed by atoms with E-state index in [-0.39, 0.29) is 33.7 Å². The molecular formula is C26H35NO2. The summed E-state index contributed by atoms with van der Waals surface area (Å²) in [5.74, 6) is 1.47. The Morgan fingerprint density at radius 2 is 1.93 bits per heavy atom. The fraction of sp³-hybridized carbons (Fsp3) is 0.769. The fourth-order valence-corrected chi connectivity index (χ4v) is 9.52. The number of ether oxygens (including phenoxy) is 1. The normalized spacial score (nSPS) is 51.9. The van der Waals surface area contributed by atoms with Crippen molar-refractivity contribution in [1.82, 2.24) is 5.32 Å². The smallest absolute Gasteiger partial charge is 0.126 e. The van der Waals surface area contributed by atoms with Crippen LogP contribution in [0.2, 0.25) is 0 Å². The molecule has 1 saturated heterocycles. The zero-order chi connectivity index (χ0) is 20.4. The van der Waals surface area contributed by atoms with E-state index in [1.807, 2.05) is 0 Å². The van der Waals surface area contributed by atoms with Crippen LogP contribution in [0.5, 0.6) is 5.75 Å². The van der Waals surface area contributed by atoms with Gasteiger partial charge in [-0.25, -0.2) is 0 Å². The van der Waals surface area contributed by atoms with Crippen molar-refractivity contribution in [3.63, 3.8) is 0 Å². The SMILES string of the molecule is Cc1ccc2c3c1OC1C4(C)CCC5(CC4C(C)(O)C(C)(C)C)[C@@H]4N[C@]4(C2)C[C@]315. The van der Waals surface area contributed by atoms with Crippen molar-refractivity contribution in [1.29, 1.82) is 0 Å². The maximum absolute atomic E-state index is 12.0. The molecule has 4 bridgehead atoms. The second kappa shape index (κ2) is 4.30. The van der Waals surface area contributed by atoms with Gasteiger partial charge < -0.3 is 15.2 Å². The molecule has 2 aliphatic heterocycles. The van der Waals surface area contributed by atoms with Gasteiger partial charge in [-0.3, -0.25) is 0 Å². The molecule has 156 valence electrons. The lowest BCUT2D eigenvalue weighted by molar-refractivity contribution is -0.242. The maximum Gasteiger partial charge on any atom is 0.126 e. The minimum absolute atomic E-state index is 0.0105. The predicted molar refractivity (Wildman–Crippen MR) is 113 cm³/mol. The summed E-state index contributed by atoms with van der Waals surface area (Å²) < 4.78 is 7.05. The molecule has 8 rings (SSSR count). The molecule has 5 aliphatic carbocycles. The largest absolute Gasteiger partial charge is 0.488 e. The summed E-state index contributed by atoms with van der Waals surface area (Å²) in [5.41, 5.74) is 4.25. The van der Waals surface area contributed by atoms with E-state index in [0.29, 0.717) is 11.6 Å². The van der Waals surface area contributed by atoms with Crippen LogP contribution in [0.25, 0.3) is 0 Å². The number of hydrogen-bond donors (Lipinski definition) is 2. The Morgan fingerprint density at radius 1 is 1.17 bits per heavy atom. The molecule has 4 saturated carbocycles. The van der Waals surface area contributed by atoms with Crippen molar-refractivity contribution in [3.05, 3.63) is 28.8 Å². The number of fused-ring (bicyclic) bond motifs is 2. The van der Waals surface area contributed by atoms with E-state index in [2.05, 4.69) is 59.0 Å². The molecule has 3 spiro atoms. The average molecular weight is 394 g/mol. The molecule has 3 nitrogen and oxygen atoms in total. The van der Waals surface area contributed by atoms with E-state index in [1.54, 1.807) is 11.1 Å². The van der Waals surface area contributed by atoms with E-state index >= 15 is 0 Å². The third kappa shape index (κ3) is 1.49. The van der Waals surface area contributed by atoms with Crippen LogP contribution < -0.4 is 10.1 Å². The highest BCUT2D eigenvalue weighted by Gasteiger charge is 2.89. The first kappa shape index (κ1) is 17.6. The zero-order valence-corrected chi connectivity index (χ0v) is 18.8. The van der Waals surface area contributed by atoms with Crippen molar-refractivity contribution < 1.29 is 9.84 Å². The van der Waals surface area contributed by atoms with Crippen molar-refractivity contribution in [2.45, 2.75) is 102 Å². The van der Waals surface area contributed by atoms with Gasteiger partial charge in [-0.15, -0.1) is 0 Å². The monoisotopic (exact) mass is 393 g/mol. The first-order valence-electron chi connectivity index (χ1n) is 11.7. The van der Waals surface area contributed by atoms with Gasteiger partial charge in [-0.1, -0.05) is 39.8 Å². The molecule has 2 heterocycles. The van der Waals surface area contributed by atoms with Crippen LogP contribution in [0.1, 0.15) is 77.0 Å². The van der Waals surface area contributed by atoms with Gasteiger partial charge in [0.2, 0.25) is 0 Å². The van der Waals surface area contributed by atoms with Crippen LogP contribution in [0.15, 0.2) is 12.1 Å². The van der Waals surface area contributed by atoms with Crippen LogP contribution in [0, 0.1) is 29.1 Å². The van der Waals surface area contributed by atoms with E-state index in [9.17, 15) is 5.11 Å². The molecule has 0 aromatic heterocycles. The minimum Gasteiger partial charge on any atom is -0.488 e. The molecule has 1 aromatic carbocycles. The van der Waals surface area contributed by atoms with Gasteiger partial charge in [0.15, 0.2) is 0 Å². The van der Waals surface area contributed by atoms with Gasteiger partial charge in [0.05, 0.1) is 5.60 Å². The standard InChI is InChI=1S/C26H35NO2/c1-14-7-8-15-11-25-13-26-17(15)18(14)29-20(26)22(5)9-10-24(26,19(25)27-25)12-16(22)23(6,28)21(2,3)4/h7-8,16,19-20,27-28H,9-13H2,1-6H3/t16?,19-,20?,22?,23?,24?,25+,26-/m0/s1. The van der Waals surface area contributed by atoms with Crippen molar-refractivity contribution in [2.75, 3.05) is 0 Å². The number of benzene rings is 1. The number of piperidine rings is 1. The third-order valence-electron chi connectivity index (χ3n) is 11.3. The van der Waals surface area contributed by atoms with Gasteiger partial charge in [-0.05, 0) is 68.4 Å². The fourth-order valence-electron chi connectivity index (χ4n) is 9.52. The summed E-state index contributed by atoms with van der Waals surface area (Å²) in [6, 6.07) is 5.27. The topological polar surface area (TPSA) is 51.4 Å². The molecule has 8 atom stereocenters. The van der Waals surface area contributed by atoms with Crippen LogP contribution in [-0.4, -0.2) is 28.4 Å². The third-order valence-corrected chi connectivity index (χ3v) is 11.3. The minimum atomic E-state index is -0.717. The molecule has 7 aliphatic rings. The Labute approximate surface area is 174 Å². The van der Waals surface area contributed by atoms with E-state index in [1.165, 1.54) is 30.6 Å². The van der Waals surface area contributed by atoms with E-state index in [0.717, 1.165) is 12.8 Å². The van der Waals surface area contributed by atoms with Gasteiger partial charge in [0, 0.05) is 33.4 Å². The van der Waals surface area contributed by atoms with Gasteiger partial charge in [0.1, 0.15) is 11.9 Å². The molecular weight excluding hydrogens is 358 g/mol. The van der Waals surface area contributed by atoms with Gasteiger partial charge >= 0.3 is 0 Å². The van der Waals surface area contributed by atoms with E-state index < -0.39 is 5.60 Å². The number of rotatable bonds is 1. The van der Waals surface area contributed by atoms with Crippen molar-refractivity contribution in [3.8, 4) is 5.75 Å². The summed E-state index contributed by atoms with van der Waals surface area (Å²) in [5, 5.41) is 16.0. The summed E-state index contributed by atoms with van der Waals surface area (Å²) >= 11 is 0. The Hall–Kier alpha value is -1.06. The van der Waals surface area contributed by atoms with E-state index in [4.69, 9.17) is 4.74 Å². The Bertz CT molecular complexity index is 991. The number of aliphatic hydroxyl groups is 1. The first-order valence-corrected chi connectivity index (χ1v) is 11.7. The van der Waals surface area contributed by atoms with Crippen molar-refractivity contribution >= 4 is 0 Å². The molecule has 1 aromatic rings. The first-order chi connectivity index (χ1) is 13.4. The summed E-state index contributed by atoms with van der Waals surface area (Å²) in [4.78, 5) is 0. The van der Waals surface area contributed by atoms with Crippen LogP contribution in [0.3, 0.4) is 0 Å². The molecule has 2 N–H and O–H groups in total. The van der Waals surface area contributed by atoms with Crippen molar-refractivity contribution in [2.24, 2.45) is 22.2 Å². The molecule has 5 fully saturated rings. The Morgan fingerprint density at radius 3 is 2.66 bits per heavy atom. The number of nitrogens with one attached hydrogen (secondary N) is 1. The highest BCUT2D eigenvalue weighted by Crippen LogP contribution is 2.84. The summed E-state index contributed by atoms with van der Waals surface area (Å²) in [6.07, 6.45) is 6.22. The molecule has 29 heavy (non-hydrogen) atoms. The van der Waals surface area contributed by atoms with Gasteiger partial charge in [-0.2, -0.15) is 0 Å². The zero-order valence-electron chi connectivity index (χ0n) is 18.8. The quantitative estimate of drug-likeness (QED) is 0.701. The Balaban J connectivity index is 1.51. The van der Waals surface area contributed by atoms with Crippen LogP contribution >= 0.6 is 0 Å². The lowest BCUT2D eigenvalue weighted by atomic mass is 9.35. The number of aryl methyl sites for hydroxylation is 1. The Kier molecular flexibility index (Phi) is 2.61.